The fraction of sp³-hybridized carbons (Fsp3) is 0.625. The lowest BCUT2D eigenvalue weighted by Crippen LogP contribution is -3.15. The van der Waals surface area contributed by atoms with Crippen LogP contribution in [0.25, 0.3) is 0 Å². The number of quaternary nitrogens is 2. The van der Waals surface area contributed by atoms with Crippen molar-refractivity contribution in [1.29, 1.82) is 0 Å². The average molecular weight is 248 g/mol. The van der Waals surface area contributed by atoms with Gasteiger partial charge in [0.05, 0.1) is 20.1 Å². The van der Waals surface area contributed by atoms with Gasteiger partial charge in [-0.25, -0.2) is 0 Å². The third-order valence-corrected chi connectivity index (χ3v) is 4.14. The van der Waals surface area contributed by atoms with Crippen LogP contribution in [0.5, 0.6) is 0 Å². The molecule has 2 rings (SSSR count). The van der Waals surface area contributed by atoms with E-state index in [0.29, 0.717) is 5.92 Å². The van der Waals surface area contributed by atoms with Crippen LogP contribution in [0.1, 0.15) is 37.3 Å². The zero-order valence-electron chi connectivity index (χ0n) is 12.1. The Morgan fingerprint density at radius 3 is 2.39 bits per heavy atom. The third kappa shape index (κ3) is 3.82. The lowest BCUT2D eigenvalue weighted by molar-refractivity contribution is -0.938. The summed E-state index contributed by atoms with van der Waals surface area (Å²) in [5.74, 6) is 0.641. The van der Waals surface area contributed by atoms with E-state index in [4.69, 9.17) is 0 Å². The Kier molecular flexibility index (Phi) is 4.79. The molecule has 2 atom stereocenters. The Labute approximate surface area is 112 Å². The van der Waals surface area contributed by atoms with Crippen LogP contribution >= 0.6 is 0 Å². The summed E-state index contributed by atoms with van der Waals surface area (Å²) < 4.78 is 0. The summed E-state index contributed by atoms with van der Waals surface area (Å²) in [5.41, 5.74) is 2.95. The number of hydrogen-bond donors (Lipinski definition) is 2. The summed E-state index contributed by atoms with van der Waals surface area (Å²) >= 11 is 0. The van der Waals surface area contributed by atoms with Crippen LogP contribution in [0.15, 0.2) is 24.3 Å². The second-order valence-electron chi connectivity index (χ2n) is 6.13. The summed E-state index contributed by atoms with van der Waals surface area (Å²) in [6, 6.07) is 9.25. The maximum Gasteiger partial charge on any atom is 0.127 e. The van der Waals surface area contributed by atoms with Crippen molar-refractivity contribution >= 4 is 0 Å². The molecule has 1 aromatic carbocycles. The molecule has 2 nitrogen and oxygen atoms in total. The van der Waals surface area contributed by atoms with Crippen molar-refractivity contribution in [2.24, 2.45) is 0 Å². The highest BCUT2D eigenvalue weighted by Gasteiger charge is 2.17. The summed E-state index contributed by atoms with van der Waals surface area (Å²) in [4.78, 5) is 3.45. The molecule has 1 aliphatic heterocycles. The van der Waals surface area contributed by atoms with Gasteiger partial charge in [-0.1, -0.05) is 38.1 Å². The molecule has 0 spiro atoms. The van der Waals surface area contributed by atoms with Gasteiger partial charge in [-0.05, 0) is 11.5 Å². The average Bonchev–Trinajstić information content (AvgIpc) is 2.55. The van der Waals surface area contributed by atoms with Gasteiger partial charge in [0.15, 0.2) is 0 Å². The molecule has 100 valence electrons. The first-order valence-electron chi connectivity index (χ1n) is 7.39. The summed E-state index contributed by atoms with van der Waals surface area (Å²) in [6.45, 7) is 11.0. The van der Waals surface area contributed by atoms with Crippen LogP contribution in [-0.4, -0.2) is 33.2 Å². The second kappa shape index (κ2) is 6.35. The van der Waals surface area contributed by atoms with Crippen molar-refractivity contribution in [3.05, 3.63) is 35.4 Å². The Morgan fingerprint density at radius 1 is 1.00 bits per heavy atom. The molecule has 0 aromatic heterocycles. The Bertz CT molecular complexity index is 356. The van der Waals surface area contributed by atoms with Gasteiger partial charge in [0.2, 0.25) is 0 Å². The van der Waals surface area contributed by atoms with E-state index in [1.807, 2.05) is 0 Å². The molecule has 1 saturated heterocycles. The maximum atomic E-state index is 2.32. The van der Waals surface area contributed by atoms with Gasteiger partial charge in [0, 0.05) is 12.0 Å². The van der Waals surface area contributed by atoms with Crippen LogP contribution in [0.3, 0.4) is 0 Å². The number of nitrogens with one attached hydrogen (secondary N) is 2. The Hall–Kier alpha value is -0.860. The van der Waals surface area contributed by atoms with Gasteiger partial charge in [-0.2, -0.15) is 0 Å². The third-order valence-electron chi connectivity index (χ3n) is 4.14. The van der Waals surface area contributed by atoms with Crippen molar-refractivity contribution in [1.82, 2.24) is 0 Å². The smallest absolute Gasteiger partial charge is 0.127 e. The first kappa shape index (κ1) is 13.6. The van der Waals surface area contributed by atoms with Gasteiger partial charge >= 0.3 is 0 Å². The van der Waals surface area contributed by atoms with Crippen molar-refractivity contribution < 1.29 is 9.80 Å². The second-order valence-corrected chi connectivity index (χ2v) is 6.13. The lowest BCUT2D eigenvalue weighted by atomic mass is 10.0. The van der Waals surface area contributed by atoms with Gasteiger partial charge in [-0.15, -0.1) is 0 Å². The van der Waals surface area contributed by atoms with Crippen molar-refractivity contribution in [2.75, 3.05) is 33.2 Å². The minimum atomic E-state index is 0.641. The number of rotatable bonds is 3. The predicted molar refractivity (Wildman–Crippen MR) is 76.2 cm³/mol. The SMILES string of the molecule is CC(C)c1ccc(C[NH+]2CCC[NH+](C)CC2)cc1. The minimum Gasteiger partial charge on any atom is -0.333 e. The normalized spacial score (nSPS) is 25.1. The molecule has 0 amide bonds. The van der Waals surface area contributed by atoms with E-state index in [2.05, 4.69) is 45.2 Å². The van der Waals surface area contributed by atoms with Crippen molar-refractivity contribution in [3.8, 4) is 0 Å². The molecular formula is C16H28N2+2. The zero-order chi connectivity index (χ0) is 13.0. The molecule has 1 fully saturated rings. The molecule has 18 heavy (non-hydrogen) atoms. The molecule has 0 aliphatic carbocycles. The molecule has 0 saturated carbocycles. The molecular weight excluding hydrogens is 220 g/mol. The molecule has 2 heteroatoms. The molecule has 1 aromatic rings. The predicted octanol–water partition coefficient (Wildman–Crippen LogP) is 0.113. The molecule has 2 unspecified atom stereocenters. The molecule has 1 aliphatic rings. The fourth-order valence-electron chi connectivity index (χ4n) is 2.77. The summed E-state index contributed by atoms with van der Waals surface area (Å²) in [5, 5.41) is 0. The van der Waals surface area contributed by atoms with Gasteiger partial charge < -0.3 is 9.80 Å². The zero-order valence-corrected chi connectivity index (χ0v) is 12.1. The first-order valence-corrected chi connectivity index (χ1v) is 7.39. The van der Waals surface area contributed by atoms with Crippen LogP contribution in [0.4, 0.5) is 0 Å². The summed E-state index contributed by atoms with van der Waals surface area (Å²) in [7, 11) is 2.32. The van der Waals surface area contributed by atoms with E-state index in [1.165, 1.54) is 50.3 Å². The molecule has 2 N–H and O–H groups in total. The highest BCUT2D eigenvalue weighted by molar-refractivity contribution is 5.24. The number of likely N-dealkylation sites (N-methyl/N-ethyl adjacent to an activating group) is 1. The van der Waals surface area contributed by atoms with Crippen molar-refractivity contribution in [3.63, 3.8) is 0 Å². The van der Waals surface area contributed by atoms with Crippen LogP contribution < -0.4 is 9.80 Å². The lowest BCUT2D eigenvalue weighted by Gasteiger charge is -2.16. The highest BCUT2D eigenvalue weighted by atomic mass is 15.2. The van der Waals surface area contributed by atoms with E-state index in [0.717, 1.165) is 0 Å². The van der Waals surface area contributed by atoms with E-state index in [9.17, 15) is 0 Å². The number of hydrogen-bond acceptors (Lipinski definition) is 0. The summed E-state index contributed by atoms with van der Waals surface area (Å²) in [6.07, 6.45) is 1.37. The number of benzene rings is 1. The minimum absolute atomic E-state index is 0.641. The van der Waals surface area contributed by atoms with Crippen LogP contribution in [0, 0.1) is 0 Å². The quantitative estimate of drug-likeness (QED) is 0.751. The standard InChI is InChI=1S/C16H26N2/c1-14(2)16-7-5-15(6-8-16)13-18-10-4-9-17(3)11-12-18/h5-8,14H,4,9-13H2,1-3H3/p+2. The molecule has 0 bridgehead atoms. The van der Waals surface area contributed by atoms with Gasteiger partial charge in [0.1, 0.15) is 19.6 Å². The van der Waals surface area contributed by atoms with E-state index in [1.54, 1.807) is 9.80 Å². The Morgan fingerprint density at radius 2 is 1.72 bits per heavy atom. The topological polar surface area (TPSA) is 8.88 Å². The first-order chi connectivity index (χ1) is 8.65. The van der Waals surface area contributed by atoms with Gasteiger partial charge in [0.25, 0.3) is 0 Å². The van der Waals surface area contributed by atoms with E-state index >= 15 is 0 Å². The molecule has 1 heterocycles. The molecule has 0 radical (unpaired) electrons. The highest BCUT2D eigenvalue weighted by Crippen LogP contribution is 2.14. The van der Waals surface area contributed by atoms with E-state index < -0.39 is 0 Å². The van der Waals surface area contributed by atoms with E-state index in [-0.39, 0.29) is 0 Å². The van der Waals surface area contributed by atoms with Crippen LogP contribution in [-0.2, 0) is 6.54 Å². The largest absolute Gasteiger partial charge is 0.333 e. The Balaban J connectivity index is 1.92. The van der Waals surface area contributed by atoms with Crippen LogP contribution in [0.2, 0.25) is 0 Å². The van der Waals surface area contributed by atoms with Gasteiger partial charge in [-0.3, -0.25) is 0 Å². The maximum absolute atomic E-state index is 2.32. The monoisotopic (exact) mass is 248 g/mol. The van der Waals surface area contributed by atoms with Crippen molar-refractivity contribution in [2.45, 2.75) is 32.7 Å². The fourth-order valence-corrected chi connectivity index (χ4v) is 2.77.